The summed E-state index contributed by atoms with van der Waals surface area (Å²) >= 11 is 0. The van der Waals surface area contributed by atoms with E-state index in [1.165, 1.54) is 13.8 Å². The van der Waals surface area contributed by atoms with Gasteiger partial charge in [-0.2, -0.15) is 4.31 Å². The lowest BCUT2D eigenvalue weighted by atomic mass is 10.9. The van der Waals surface area contributed by atoms with Crippen molar-refractivity contribution in [3.8, 4) is 0 Å². The van der Waals surface area contributed by atoms with Crippen molar-refractivity contribution in [3.05, 3.63) is 0 Å². The van der Waals surface area contributed by atoms with E-state index in [2.05, 4.69) is 13.4 Å². The van der Waals surface area contributed by atoms with Crippen LogP contribution in [0.15, 0.2) is 0 Å². The average molecular weight is 268 g/mol. The standard InChI is InChI=1S/C4H12O7P2.2H3N/c1-3-9-12(5,6)11-13(7,8)10-4-2;;/h3-4H2,1-2H3,(H,5,6)(H,7,8);2*1H3. The highest BCUT2D eigenvalue weighted by atomic mass is 31.3. The normalized spacial score (nSPS) is 17.9. The first-order valence-electron chi connectivity index (χ1n) is 3.49. The average Bonchev–Trinajstić information content (AvgIpc) is 1.82. The lowest BCUT2D eigenvalue weighted by Gasteiger charge is -2.14. The number of rotatable bonds is 6. The second kappa shape index (κ2) is 8.35. The van der Waals surface area contributed by atoms with Crippen LogP contribution in [0.5, 0.6) is 0 Å². The zero-order valence-corrected chi connectivity index (χ0v) is 10.4. The van der Waals surface area contributed by atoms with E-state index >= 15 is 0 Å². The SMILES string of the molecule is CCOP(=O)(O)OP(=O)(O)OCC.N.N. The van der Waals surface area contributed by atoms with Gasteiger partial charge in [-0.3, -0.25) is 9.05 Å². The molecule has 0 spiro atoms. The zero-order chi connectivity index (χ0) is 10.5. The van der Waals surface area contributed by atoms with Crippen LogP contribution in [0.3, 0.4) is 0 Å². The third-order valence-corrected chi connectivity index (χ3v) is 3.61. The van der Waals surface area contributed by atoms with E-state index in [1.807, 2.05) is 0 Å². The van der Waals surface area contributed by atoms with Crippen molar-refractivity contribution in [1.29, 1.82) is 0 Å². The summed E-state index contributed by atoms with van der Waals surface area (Å²) in [6, 6.07) is 0. The summed E-state index contributed by atoms with van der Waals surface area (Å²) in [5, 5.41) is 0. The Kier molecular flexibility index (Phi) is 11.4. The molecule has 96 valence electrons. The molecule has 2 atom stereocenters. The fourth-order valence-electron chi connectivity index (χ4n) is 0.504. The van der Waals surface area contributed by atoms with E-state index in [-0.39, 0.29) is 25.5 Å². The van der Waals surface area contributed by atoms with Crippen LogP contribution in [0.4, 0.5) is 0 Å². The quantitative estimate of drug-likeness (QED) is 0.521. The van der Waals surface area contributed by atoms with Crippen LogP contribution in [-0.2, 0) is 22.5 Å². The molecule has 0 aromatic carbocycles. The molecule has 0 rings (SSSR count). The maximum atomic E-state index is 10.8. The minimum absolute atomic E-state index is 0. The number of hydrogen-bond donors (Lipinski definition) is 4. The molecule has 11 heteroatoms. The van der Waals surface area contributed by atoms with Crippen LogP contribution in [0.1, 0.15) is 13.8 Å². The van der Waals surface area contributed by atoms with E-state index in [0.717, 1.165) is 0 Å². The van der Waals surface area contributed by atoms with Crippen molar-refractivity contribution in [3.63, 3.8) is 0 Å². The highest BCUT2D eigenvalue weighted by Crippen LogP contribution is 2.60. The monoisotopic (exact) mass is 268 g/mol. The Balaban J connectivity index is -0.000000720. The van der Waals surface area contributed by atoms with Gasteiger partial charge in [0.05, 0.1) is 13.2 Å². The predicted octanol–water partition coefficient (Wildman–Crippen LogP) is 1.60. The molecule has 0 aromatic rings. The van der Waals surface area contributed by atoms with Gasteiger partial charge < -0.3 is 22.1 Å². The Bertz CT molecular complexity index is 223. The van der Waals surface area contributed by atoms with Gasteiger partial charge >= 0.3 is 15.6 Å². The molecule has 2 unspecified atom stereocenters. The molecule has 0 aliphatic rings. The minimum Gasteiger partial charge on any atom is -0.344 e. The molecule has 0 aliphatic heterocycles. The lowest BCUT2D eigenvalue weighted by molar-refractivity contribution is 0.162. The molecule has 0 heterocycles. The second-order valence-corrected chi connectivity index (χ2v) is 4.90. The molecule has 0 amide bonds. The van der Waals surface area contributed by atoms with Crippen molar-refractivity contribution >= 4 is 15.6 Å². The Morgan fingerprint density at radius 3 is 1.40 bits per heavy atom. The first-order valence-corrected chi connectivity index (χ1v) is 6.48. The van der Waals surface area contributed by atoms with Crippen molar-refractivity contribution in [2.45, 2.75) is 13.8 Å². The third-order valence-electron chi connectivity index (χ3n) is 0.791. The molecular weight excluding hydrogens is 250 g/mol. The van der Waals surface area contributed by atoms with E-state index in [4.69, 9.17) is 9.79 Å². The van der Waals surface area contributed by atoms with Crippen molar-refractivity contribution in [1.82, 2.24) is 12.3 Å². The van der Waals surface area contributed by atoms with Crippen LogP contribution in [0, 0.1) is 0 Å². The Hall–Kier alpha value is 0.180. The van der Waals surface area contributed by atoms with Crippen LogP contribution < -0.4 is 12.3 Å². The highest BCUT2D eigenvalue weighted by Gasteiger charge is 2.34. The molecule has 0 fully saturated rings. The van der Waals surface area contributed by atoms with Gasteiger partial charge in [-0.25, -0.2) is 9.13 Å². The first-order chi connectivity index (χ1) is 5.83. The van der Waals surface area contributed by atoms with Crippen LogP contribution >= 0.6 is 15.6 Å². The Labute approximate surface area is 88.1 Å². The van der Waals surface area contributed by atoms with Gasteiger partial charge in [0, 0.05) is 0 Å². The topological polar surface area (TPSA) is 172 Å². The van der Waals surface area contributed by atoms with Crippen molar-refractivity contribution in [2.24, 2.45) is 0 Å². The third kappa shape index (κ3) is 10.5. The first kappa shape index (κ1) is 20.6. The van der Waals surface area contributed by atoms with E-state index in [9.17, 15) is 9.13 Å². The lowest BCUT2D eigenvalue weighted by Crippen LogP contribution is -1.96. The van der Waals surface area contributed by atoms with Crippen molar-refractivity contribution in [2.75, 3.05) is 13.2 Å². The molecule has 0 bridgehead atoms. The number of phosphoric acid groups is 2. The molecule has 0 saturated carbocycles. The summed E-state index contributed by atoms with van der Waals surface area (Å²) in [4.78, 5) is 17.6. The van der Waals surface area contributed by atoms with Gasteiger partial charge in [0.25, 0.3) is 0 Å². The summed E-state index contributed by atoms with van der Waals surface area (Å²) < 4.78 is 33.9. The van der Waals surface area contributed by atoms with E-state index in [1.54, 1.807) is 0 Å². The van der Waals surface area contributed by atoms with Gasteiger partial charge in [-0.15, -0.1) is 0 Å². The fourth-order valence-corrected chi connectivity index (χ4v) is 2.58. The summed E-state index contributed by atoms with van der Waals surface area (Å²) in [5.74, 6) is 0. The zero-order valence-electron chi connectivity index (χ0n) is 8.66. The Morgan fingerprint density at radius 2 is 1.20 bits per heavy atom. The molecule has 0 radical (unpaired) electrons. The molecule has 9 nitrogen and oxygen atoms in total. The second-order valence-electron chi connectivity index (χ2n) is 1.85. The number of phosphoric ester groups is 2. The highest BCUT2D eigenvalue weighted by molar-refractivity contribution is 7.61. The van der Waals surface area contributed by atoms with Gasteiger partial charge in [0.2, 0.25) is 0 Å². The summed E-state index contributed by atoms with van der Waals surface area (Å²) in [5.41, 5.74) is 0. The van der Waals surface area contributed by atoms with Gasteiger partial charge in [-0.05, 0) is 13.8 Å². The molecule has 15 heavy (non-hydrogen) atoms. The summed E-state index contributed by atoms with van der Waals surface area (Å²) in [6.45, 7) is 2.66. The molecule has 8 N–H and O–H groups in total. The smallest absolute Gasteiger partial charge is 0.344 e. The minimum atomic E-state index is -4.48. The van der Waals surface area contributed by atoms with Gasteiger partial charge in [0.1, 0.15) is 0 Å². The fraction of sp³-hybridized carbons (Fsp3) is 1.00. The predicted molar refractivity (Wildman–Crippen MR) is 54.0 cm³/mol. The molecule has 0 aliphatic carbocycles. The van der Waals surface area contributed by atoms with Crippen LogP contribution in [0.2, 0.25) is 0 Å². The summed E-state index contributed by atoms with van der Waals surface area (Å²) in [6.07, 6.45) is 0. The molecular formula is C4H18N2O7P2. The Morgan fingerprint density at radius 1 is 0.933 bits per heavy atom. The summed E-state index contributed by atoms with van der Waals surface area (Å²) in [7, 11) is -8.96. The van der Waals surface area contributed by atoms with E-state index < -0.39 is 15.6 Å². The molecule has 0 saturated heterocycles. The van der Waals surface area contributed by atoms with E-state index in [0.29, 0.717) is 0 Å². The van der Waals surface area contributed by atoms with Crippen LogP contribution in [0.25, 0.3) is 0 Å². The van der Waals surface area contributed by atoms with Crippen LogP contribution in [-0.4, -0.2) is 23.0 Å². The maximum absolute atomic E-state index is 10.8. The van der Waals surface area contributed by atoms with Crippen molar-refractivity contribution < 1.29 is 32.3 Å². The maximum Gasteiger partial charge on any atom is 0.481 e. The number of hydrogen-bond acceptors (Lipinski definition) is 7. The van der Waals surface area contributed by atoms with Gasteiger partial charge in [0.15, 0.2) is 0 Å². The van der Waals surface area contributed by atoms with Gasteiger partial charge in [-0.1, -0.05) is 0 Å². The largest absolute Gasteiger partial charge is 0.481 e. The molecule has 0 aromatic heterocycles.